The lowest BCUT2D eigenvalue weighted by Gasteiger charge is -2.23. The zero-order valence-electron chi connectivity index (χ0n) is 12.0. The van der Waals surface area contributed by atoms with Gasteiger partial charge in [-0.15, -0.1) is 0 Å². The summed E-state index contributed by atoms with van der Waals surface area (Å²) in [4.78, 5) is 8.70. The van der Waals surface area contributed by atoms with Gasteiger partial charge in [-0.3, -0.25) is 4.98 Å². The second-order valence-electron chi connectivity index (χ2n) is 5.67. The van der Waals surface area contributed by atoms with Crippen molar-refractivity contribution in [1.29, 1.82) is 0 Å². The van der Waals surface area contributed by atoms with Gasteiger partial charge in [-0.1, -0.05) is 19.3 Å². The molecule has 0 atom stereocenters. The van der Waals surface area contributed by atoms with E-state index in [0.717, 1.165) is 18.2 Å². The van der Waals surface area contributed by atoms with Crippen LogP contribution in [0.15, 0.2) is 30.7 Å². The van der Waals surface area contributed by atoms with Crippen molar-refractivity contribution in [2.75, 3.05) is 5.32 Å². The van der Waals surface area contributed by atoms with Crippen LogP contribution in [-0.2, 0) is 6.54 Å². The van der Waals surface area contributed by atoms with E-state index < -0.39 is 0 Å². The van der Waals surface area contributed by atoms with Gasteiger partial charge in [-0.05, 0) is 37.5 Å². The van der Waals surface area contributed by atoms with Gasteiger partial charge < -0.3 is 9.88 Å². The summed E-state index contributed by atoms with van der Waals surface area (Å²) in [7, 11) is 0. The molecule has 0 bridgehead atoms. The van der Waals surface area contributed by atoms with E-state index in [1.807, 2.05) is 12.4 Å². The molecule has 2 aromatic heterocycles. The fourth-order valence-corrected chi connectivity index (χ4v) is 2.90. The van der Waals surface area contributed by atoms with Crippen LogP contribution in [0.25, 0.3) is 0 Å². The van der Waals surface area contributed by atoms with Gasteiger partial charge in [0.05, 0.1) is 12.2 Å². The Kier molecular flexibility index (Phi) is 4.00. The maximum Gasteiger partial charge on any atom is 0.203 e. The molecule has 0 aromatic carbocycles. The Morgan fingerprint density at radius 2 is 1.95 bits per heavy atom. The molecule has 3 rings (SSSR count). The number of hydrogen-bond acceptors (Lipinski definition) is 3. The third-order valence-corrected chi connectivity index (χ3v) is 3.94. The highest BCUT2D eigenvalue weighted by atomic mass is 15.2. The lowest BCUT2D eigenvalue weighted by Crippen LogP contribution is -2.24. The summed E-state index contributed by atoms with van der Waals surface area (Å²) < 4.78 is 2.21. The predicted octanol–water partition coefficient (Wildman–Crippen LogP) is 3.38. The lowest BCUT2D eigenvalue weighted by molar-refractivity contribution is 0.459. The molecule has 0 amide bonds. The van der Waals surface area contributed by atoms with Gasteiger partial charge in [-0.25, -0.2) is 4.98 Å². The fourth-order valence-electron chi connectivity index (χ4n) is 2.90. The first-order valence-electron chi connectivity index (χ1n) is 7.50. The van der Waals surface area contributed by atoms with Crippen LogP contribution < -0.4 is 5.32 Å². The van der Waals surface area contributed by atoms with Gasteiger partial charge in [0.25, 0.3) is 0 Å². The highest BCUT2D eigenvalue weighted by Crippen LogP contribution is 2.22. The molecule has 0 aliphatic heterocycles. The molecule has 0 spiro atoms. The van der Waals surface area contributed by atoms with Crippen molar-refractivity contribution in [3.05, 3.63) is 42.0 Å². The molecule has 0 saturated heterocycles. The minimum absolute atomic E-state index is 0.585. The number of imidazole rings is 1. The first-order valence-corrected chi connectivity index (χ1v) is 7.50. The normalized spacial score (nSPS) is 16.2. The van der Waals surface area contributed by atoms with Crippen LogP contribution in [0.2, 0.25) is 0 Å². The van der Waals surface area contributed by atoms with E-state index in [9.17, 15) is 0 Å². The molecule has 20 heavy (non-hydrogen) atoms. The largest absolute Gasteiger partial charge is 0.353 e. The van der Waals surface area contributed by atoms with E-state index in [4.69, 9.17) is 0 Å². The lowest BCUT2D eigenvalue weighted by atomic mass is 9.96. The van der Waals surface area contributed by atoms with E-state index in [1.165, 1.54) is 37.7 Å². The Morgan fingerprint density at radius 3 is 2.70 bits per heavy atom. The Bertz CT molecular complexity index is 541. The van der Waals surface area contributed by atoms with Gasteiger partial charge in [0.1, 0.15) is 0 Å². The highest BCUT2D eigenvalue weighted by Gasteiger charge is 2.15. The van der Waals surface area contributed by atoms with Crippen molar-refractivity contribution in [3.8, 4) is 0 Å². The van der Waals surface area contributed by atoms with Gasteiger partial charge in [0, 0.05) is 24.6 Å². The molecule has 1 aliphatic carbocycles. The second-order valence-corrected chi connectivity index (χ2v) is 5.67. The number of aryl methyl sites for hydroxylation is 1. The maximum atomic E-state index is 4.64. The number of nitrogens with zero attached hydrogens (tertiary/aromatic N) is 3. The molecular weight excluding hydrogens is 248 g/mol. The summed E-state index contributed by atoms with van der Waals surface area (Å²) in [6, 6.07) is 4.70. The van der Waals surface area contributed by atoms with Crippen LogP contribution in [0, 0.1) is 6.92 Å². The molecule has 1 saturated carbocycles. The molecule has 1 N–H and O–H groups in total. The van der Waals surface area contributed by atoms with Gasteiger partial charge >= 0.3 is 0 Å². The van der Waals surface area contributed by atoms with Crippen LogP contribution in [0.1, 0.15) is 43.4 Å². The van der Waals surface area contributed by atoms with Crippen molar-refractivity contribution in [3.63, 3.8) is 0 Å². The molecule has 1 fully saturated rings. The predicted molar refractivity (Wildman–Crippen MR) is 80.8 cm³/mol. The van der Waals surface area contributed by atoms with E-state index in [0.29, 0.717) is 6.04 Å². The first kappa shape index (κ1) is 13.2. The number of pyridine rings is 1. The molecule has 1 aliphatic rings. The zero-order chi connectivity index (χ0) is 13.8. The molecule has 4 heteroatoms. The molecule has 0 unspecified atom stereocenters. The van der Waals surface area contributed by atoms with Crippen molar-refractivity contribution in [1.82, 2.24) is 14.5 Å². The third kappa shape index (κ3) is 3.18. The average Bonchev–Trinajstić information content (AvgIpc) is 2.81. The Hall–Kier alpha value is -1.84. The number of rotatable bonds is 4. The summed E-state index contributed by atoms with van der Waals surface area (Å²) >= 11 is 0. The van der Waals surface area contributed by atoms with Gasteiger partial charge in [0.2, 0.25) is 5.95 Å². The van der Waals surface area contributed by atoms with Crippen molar-refractivity contribution < 1.29 is 0 Å². The maximum absolute atomic E-state index is 4.64. The Labute approximate surface area is 120 Å². The Balaban J connectivity index is 1.73. The van der Waals surface area contributed by atoms with E-state index in [-0.39, 0.29) is 0 Å². The number of nitrogens with one attached hydrogen (secondary N) is 1. The zero-order valence-corrected chi connectivity index (χ0v) is 12.0. The Morgan fingerprint density at radius 1 is 1.20 bits per heavy atom. The minimum Gasteiger partial charge on any atom is -0.353 e. The van der Waals surface area contributed by atoms with E-state index >= 15 is 0 Å². The molecular formula is C16H22N4. The van der Waals surface area contributed by atoms with Crippen LogP contribution in [0.4, 0.5) is 5.95 Å². The third-order valence-electron chi connectivity index (χ3n) is 3.94. The SMILES string of the molecule is Cc1cn(Cc2ccncc2)c(NC2CCCCC2)n1. The van der Waals surface area contributed by atoms with Crippen LogP contribution in [0.3, 0.4) is 0 Å². The topological polar surface area (TPSA) is 42.7 Å². The van der Waals surface area contributed by atoms with E-state index in [1.54, 1.807) is 0 Å². The van der Waals surface area contributed by atoms with Crippen LogP contribution in [0.5, 0.6) is 0 Å². The standard InChI is InChI=1S/C16H22N4/c1-13-11-20(12-14-7-9-17-10-8-14)16(18-13)19-15-5-3-2-4-6-15/h7-11,15H,2-6,12H2,1H3,(H,18,19). The quantitative estimate of drug-likeness (QED) is 0.926. The monoisotopic (exact) mass is 270 g/mol. The van der Waals surface area contributed by atoms with Crippen molar-refractivity contribution in [2.24, 2.45) is 0 Å². The molecule has 2 heterocycles. The summed E-state index contributed by atoms with van der Waals surface area (Å²) in [5.41, 5.74) is 2.32. The van der Waals surface area contributed by atoms with E-state index in [2.05, 4.69) is 45.1 Å². The number of anilines is 1. The average molecular weight is 270 g/mol. The van der Waals surface area contributed by atoms with Crippen LogP contribution in [-0.4, -0.2) is 20.6 Å². The minimum atomic E-state index is 0.585. The number of hydrogen-bond donors (Lipinski definition) is 1. The first-order chi connectivity index (χ1) is 9.81. The fraction of sp³-hybridized carbons (Fsp3) is 0.500. The number of aromatic nitrogens is 3. The summed E-state index contributed by atoms with van der Waals surface area (Å²) in [5, 5.41) is 3.63. The van der Waals surface area contributed by atoms with Gasteiger partial charge in [-0.2, -0.15) is 0 Å². The van der Waals surface area contributed by atoms with Crippen molar-refractivity contribution >= 4 is 5.95 Å². The summed E-state index contributed by atoms with van der Waals surface area (Å²) in [6.45, 7) is 2.90. The van der Waals surface area contributed by atoms with Crippen molar-refractivity contribution in [2.45, 2.75) is 51.6 Å². The molecule has 4 nitrogen and oxygen atoms in total. The molecule has 106 valence electrons. The highest BCUT2D eigenvalue weighted by molar-refractivity contribution is 5.31. The molecule has 0 radical (unpaired) electrons. The van der Waals surface area contributed by atoms with Gasteiger partial charge in [0.15, 0.2) is 0 Å². The summed E-state index contributed by atoms with van der Waals surface area (Å²) in [6.07, 6.45) is 12.4. The summed E-state index contributed by atoms with van der Waals surface area (Å²) in [5.74, 6) is 1.01. The van der Waals surface area contributed by atoms with Crippen LogP contribution >= 0.6 is 0 Å². The second kappa shape index (κ2) is 6.07. The smallest absolute Gasteiger partial charge is 0.203 e. The molecule has 2 aromatic rings.